The first-order valence-electron chi connectivity index (χ1n) is 6.54. The van der Waals surface area contributed by atoms with Crippen LogP contribution in [-0.2, 0) is 4.74 Å². The molecule has 5 heteroatoms. The molecular formula is C14H21N3O2. The van der Waals surface area contributed by atoms with Crippen molar-refractivity contribution in [2.75, 3.05) is 26.4 Å². The number of morpholine rings is 1. The van der Waals surface area contributed by atoms with Crippen molar-refractivity contribution in [3.63, 3.8) is 0 Å². The van der Waals surface area contributed by atoms with Gasteiger partial charge < -0.3 is 15.6 Å². The second kappa shape index (κ2) is 6.65. The highest BCUT2D eigenvalue weighted by atomic mass is 16.5. The topological polar surface area (TPSA) is 82.6 Å². The van der Waals surface area contributed by atoms with Gasteiger partial charge in [0.25, 0.3) is 0 Å². The van der Waals surface area contributed by atoms with Crippen molar-refractivity contribution in [1.29, 1.82) is 5.41 Å². The minimum absolute atomic E-state index is 0.0275. The maximum absolute atomic E-state index is 9.48. The molecule has 2 rings (SSSR count). The Morgan fingerprint density at radius 3 is 2.84 bits per heavy atom. The van der Waals surface area contributed by atoms with Crippen molar-refractivity contribution in [2.24, 2.45) is 5.73 Å². The molecule has 1 fully saturated rings. The molecule has 1 aromatic rings. The Kier molecular flexibility index (Phi) is 4.90. The van der Waals surface area contributed by atoms with Crippen LogP contribution in [0.1, 0.15) is 18.0 Å². The van der Waals surface area contributed by atoms with E-state index < -0.39 is 0 Å². The number of hydrogen-bond donors (Lipinski definition) is 3. The average molecular weight is 263 g/mol. The maximum atomic E-state index is 9.48. The average Bonchev–Trinajstić information content (AvgIpc) is 2.45. The number of nitrogens with two attached hydrogens (primary N) is 1. The van der Waals surface area contributed by atoms with E-state index in [0.717, 1.165) is 12.1 Å². The molecule has 0 radical (unpaired) electrons. The molecule has 2 unspecified atom stereocenters. The zero-order chi connectivity index (χ0) is 13.7. The van der Waals surface area contributed by atoms with E-state index in [2.05, 4.69) is 4.90 Å². The van der Waals surface area contributed by atoms with Gasteiger partial charge in [-0.05, 0) is 5.56 Å². The molecule has 0 bridgehead atoms. The normalized spacial score (nSPS) is 22.1. The Morgan fingerprint density at radius 2 is 2.21 bits per heavy atom. The molecule has 1 aromatic carbocycles. The van der Waals surface area contributed by atoms with Crippen LogP contribution in [0.25, 0.3) is 0 Å². The summed E-state index contributed by atoms with van der Waals surface area (Å²) in [5, 5.41) is 17.1. The van der Waals surface area contributed by atoms with Gasteiger partial charge in [0.1, 0.15) is 0 Å². The van der Waals surface area contributed by atoms with E-state index in [0.29, 0.717) is 19.6 Å². The fourth-order valence-electron chi connectivity index (χ4n) is 2.55. The largest absolute Gasteiger partial charge is 0.395 e. The van der Waals surface area contributed by atoms with Crippen molar-refractivity contribution in [3.05, 3.63) is 35.9 Å². The van der Waals surface area contributed by atoms with Crippen LogP contribution in [0.2, 0.25) is 0 Å². The minimum Gasteiger partial charge on any atom is -0.395 e. The molecule has 19 heavy (non-hydrogen) atoms. The van der Waals surface area contributed by atoms with Gasteiger partial charge in [0.05, 0.1) is 31.7 Å². The van der Waals surface area contributed by atoms with Crippen molar-refractivity contribution in [3.8, 4) is 0 Å². The minimum atomic E-state index is -0.0293. The molecule has 0 saturated carbocycles. The summed E-state index contributed by atoms with van der Waals surface area (Å²) in [7, 11) is 0. The third-order valence-electron chi connectivity index (χ3n) is 3.48. The molecule has 5 nitrogen and oxygen atoms in total. The summed E-state index contributed by atoms with van der Waals surface area (Å²) in [5.41, 5.74) is 6.71. The number of rotatable bonds is 5. The summed E-state index contributed by atoms with van der Waals surface area (Å²) in [5.74, 6) is 0.164. The predicted octanol–water partition coefficient (Wildman–Crippen LogP) is 0.747. The Morgan fingerprint density at radius 1 is 1.47 bits per heavy atom. The van der Waals surface area contributed by atoms with E-state index in [1.165, 1.54) is 0 Å². The van der Waals surface area contributed by atoms with Gasteiger partial charge in [-0.3, -0.25) is 10.3 Å². The number of aliphatic hydroxyl groups excluding tert-OH is 1. The van der Waals surface area contributed by atoms with Gasteiger partial charge in [-0.1, -0.05) is 30.3 Å². The fourth-order valence-corrected chi connectivity index (χ4v) is 2.55. The Hall–Kier alpha value is -1.43. The second-order valence-corrected chi connectivity index (χ2v) is 4.80. The third kappa shape index (κ3) is 3.53. The molecule has 0 amide bonds. The number of nitrogens with one attached hydrogen (secondary N) is 1. The fraction of sp³-hybridized carbons (Fsp3) is 0.500. The highest BCUT2D eigenvalue weighted by molar-refractivity contribution is 5.77. The highest BCUT2D eigenvalue weighted by Crippen LogP contribution is 2.27. The smallest absolute Gasteiger partial charge is 0.0924 e. The number of nitrogens with zero attached hydrogens (tertiary/aromatic N) is 1. The van der Waals surface area contributed by atoms with Crippen molar-refractivity contribution in [1.82, 2.24) is 4.90 Å². The second-order valence-electron chi connectivity index (χ2n) is 4.80. The van der Waals surface area contributed by atoms with Gasteiger partial charge in [-0.15, -0.1) is 0 Å². The highest BCUT2D eigenvalue weighted by Gasteiger charge is 2.30. The maximum Gasteiger partial charge on any atom is 0.0924 e. The van der Waals surface area contributed by atoms with Crippen LogP contribution in [0, 0.1) is 5.41 Å². The van der Waals surface area contributed by atoms with Gasteiger partial charge in [0.15, 0.2) is 0 Å². The summed E-state index contributed by atoms with van der Waals surface area (Å²) < 4.78 is 5.41. The van der Waals surface area contributed by atoms with E-state index in [1.807, 2.05) is 30.3 Å². The molecule has 1 saturated heterocycles. The third-order valence-corrected chi connectivity index (χ3v) is 3.48. The summed E-state index contributed by atoms with van der Waals surface area (Å²) in [6.07, 6.45) is 0.473. The van der Waals surface area contributed by atoms with E-state index in [1.54, 1.807) is 0 Å². The first kappa shape index (κ1) is 14.0. The number of ether oxygens (including phenoxy) is 1. The first-order valence-corrected chi connectivity index (χ1v) is 6.54. The van der Waals surface area contributed by atoms with E-state index in [4.69, 9.17) is 15.9 Å². The molecule has 1 heterocycles. The van der Waals surface area contributed by atoms with Gasteiger partial charge >= 0.3 is 0 Å². The molecule has 2 atom stereocenters. The SMILES string of the molecule is N=C(N)CC(c1ccccc1)N1CCOCC1CO. The first-order chi connectivity index (χ1) is 9.22. The lowest BCUT2D eigenvalue weighted by atomic mass is 9.99. The molecule has 1 aliphatic rings. The molecule has 1 aliphatic heterocycles. The van der Waals surface area contributed by atoms with Gasteiger partial charge in [0, 0.05) is 19.0 Å². The Bertz CT molecular complexity index is 410. The number of hydrogen-bond acceptors (Lipinski definition) is 4. The Balaban J connectivity index is 2.23. The molecule has 0 spiro atoms. The summed E-state index contributed by atoms with van der Waals surface area (Å²) >= 11 is 0. The summed E-state index contributed by atoms with van der Waals surface area (Å²) in [6, 6.07) is 10.0. The van der Waals surface area contributed by atoms with Crippen LogP contribution in [0.4, 0.5) is 0 Å². The van der Waals surface area contributed by atoms with Crippen LogP contribution in [0.5, 0.6) is 0 Å². The molecule has 104 valence electrons. The zero-order valence-corrected chi connectivity index (χ0v) is 11.0. The van der Waals surface area contributed by atoms with Crippen molar-refractivity contribution >= 4 is 5.84 Å². The zero-order valence-electron chi connectivity index (χ0n) is 11.0. The standard InChI is InChI=1S/C14H21N3O2/c15-14(16)8-13(11-4-2-1-3-5-11)17-6-7-19-10-12(17)9-18/h1-5,12-13,18H,6-10H2,(H3,15,16). The van der Waals surface area contributed by atoms with Crippen LogP contribution in [-0.4, -0.2) is 48.2 Å². The van der Waals surface area contributed by atoms with Crippen LogP contribution in [0.15, 0.2) is 30.3 Å². The van der Waals surface area contributed by atoms with Gasteiger partial charge in [-0.2, -0.15) is 0 Å². The van der Waals surface area contributed by atoms with Crippen LogP contribution in [0.3, 0.4) is 0 Å². The lowest BCUT2D eigenvalue weighted by Crippen LogP contribution is -2.49. The quantitative estimate of drug-likeness (QED) is 0.541. The van der Waals surface area contributed by atoms with E-state index >= 15 is 0 Å². The van der Waals surface area contributed by atoms with Gasteiger partial charge in [-0.25, -0.2) is 0 Å². The molecule has 0 aromatic heterocycles. The van der Waals surface area contributed by atoms with Crippen molar-refractivity contribution < 1.29 is 9.84 Å². The number of benzene rings is 1. The van der Waals surface area contributed by atoms with Crippen LogP contribution >= 0.6 is 0 Å². The molecular weight excluding hydrogens is 242 g/mol. The lowest BCUT2D eigenvalue weighted by molar-refractivity contribution is -0.0468. The van der Waals surface area contributed by atoms with Gasteiger partial charge in [0.2, 0.25) is 0 Å². The number of aliphatic hydroxyl groups is 1. The lowest BCUT2D eigenvalue weighted by Gasteiger charge is -2.40. The molecule has 0 aliphatic carbocycles. The van der Waals surface area contributed by atoms with E-state index in [9.17, 15) is 5.11 Å². The van der Waals surface area contributed by atoms with Crippen molar-refractivity contribution in [2.45, 2.75) is 18.5 Å². The summed E-state index contributed by atoms with van der Waals surface area (Å²) in [6.45, 7) is 1.98. The molecule has 4 N–H and O–H groups in total. The Labute approximate surface area is 113 Å². The number of amidine groups is 1. The summed E-state index contributed by atoms with van der Waals surface area (Å²) in [4.78, 5) is 2.19. The van der Waals surface area contributed by atoms with Crippen LogP contribution < -0.4 is 5.73 Å². The monoisotopic (exact) mass is 263 g/mol. The van der Waals surface area contributed by atoms with E-state index in [-0.39, 0.29) is 24.5 Å². The predicted molar refractivity (Wildman–Crippen MR) is 74.1 cm³/mol.